The van der Waals surface area contributed by atoms with Crippen LogP contribution in [0.4, 0.5) is 0 Å². The van der Waals surface area contributed by atoms with E-state index in [4.69, 9.17) is 10.8 Å². The topological polar surface area (TPSA) is 151 Å². The molecule has 3 unspecified atom stereocenters. The van der Waals surface area contributed by atoms with E-state index in [1.54, 1.807) is 13.8 Å². The van der Waals surface area contributed by atoms with E-state index >= 15 is 0 Å². The number of rotatable bonds is 12. The lowest BCUT2D eigenvalue weighted by Crippen LogP contribution is -2.55. The highest BCUT2D eigenvalue weighted by Crippen LogP contribution is 2.01. The summed E-state index contributed by atoms with van der Waals surface area (Å²) in [6, 6.07) is -2.73. The van der Waals surface area contributed by atoms with Gasteiger partial charge in [0.05, 0.1) is 12.6 Å². The van der Waals surface area contributed by atoms with Crippen LogP contribution in [0.25, 0.3) is 0 Å². The fourth-order valence-electron chi connectivity index (χ4n) is 1.79. The first-order chi connectivity index (χ1) is 12.1. The summed E-state index contributed by atoms with van der Waals surface area (Å²) in [7, 11) is 0. The maximum absolute atomic E-state index is 12.1. The quantitative estimate of drug-likeness (QED) is 0.223. The molecule has 0 rings (SSSR count). The number of amides is 3. The van der Waals surface area contributed by atoms with E-state index in [0.717, 1.165) is 0 Å². The minimum atomic E-state index is -1.14. The van der Waals surface area contributed by atoms with Gasteiger partial charge in [0.15, 0.2) is 0 Å². The minimum absolute atomic E-state index is 0.0233. The second-order valence-electron chi connectivity index (χ2n) is 5.97. The predicted molar refractivity (Wildman–Crippen MR) is 104 cm³/mol. The number of carbonyl (C=O) groups excluding carboxylic acids is 3. The zero-order valence-electron chi connectivity index (χ0n) is 15.2. The molecule has 0 bridgehead atoms. The fourth-order valence-corrected chi connectivity index (χ4v) is 2.52. The van der Waals surface area contributed by atoms with E-state index in [9.17, 15) is 19.2 Å². The van der Waals surface area contributed by atoms with Crippen molar-refractivity contribution in [3.63, 3.8) is 0 Å². The first-order valence-electron chi connectivity index (χ1n) is 8.09. The smallest absolute Gasteiger partial charge is 0.326 e. The molecule has 0 aromatic heterocycles. The van der Waals surface area contributed by atoms with E-state index in [-0.39, 0.29) is 18.1 Å². The lowest BCUT2D eigenvalue weighted by Gasteiger charge is -2.21. The van der Waals surface area contributed by atoms with Crippen molar-refractivity contribution in [3.8, 4) is 0 Å². The molecular weight excluding hydrogens is 380 g/mol. The maximum Gasteiger partial charge on any atom is 0.326 e. The van der Waals surface area contributed by atoms with E-state index in [1.807, 2.05) is 6.26 Å². The molecule has 0 aliphatic carbocycles. The van der Waals surface area contributed by atoms with Crippen LogP contribution in [0.3, 0.4) is 0 Å². The number of hydrogen-bond donors (Lipinski definition) is 6. The van der Waals surface area contributed by atoms with Crippen molar-refractivity contribution >= 4 is 48.1 Å². The van der Waals surface area contributed by atoms with Gasteiger partial charge in [-0.2, -0.15) is 24.4 Å². The van der Waals surface area contributed by atoms with Crippen LogP contribution in [0.1, 0.15) is 20.3 Å². The van der Waals surface area contributed by atoms with Crippen LogP contribution in [0.5, 0.6) is 0 Å². The molecule has 150 valence electrons. The van der Waals surface area contributed by atoms with Crippen LogP contribution in [-0.4, -0.2) is 71.2 Å². The Bertz CT molecular complexity index is 504. The Balaban J connectivity index is 4.52. The van der Waals surface area contributed by atoms with Gasteiger partial charge in [-0.05, 0) is 24.3 Å². The van der Waals surface area contributed by atoms with Crippen LogP contribution in [0.15, 0.2) is 0 Å². The van der Waals surface area contributed by atoms with Gasteiger partial charge in [0.2, 0.25) is 17.7 Å². The molecule has 9 nitrogen and oxygen atoms in total. The van der Waals surface area contributed by atoms with Crippen molar-refractivity contribution in [1.29, 1.82) is 0 Å². The molecule has 26 heavy (non-hydrogen) atoms. The largest absolute Gasteiger partial charge is 0.480 e. The number of thiol groups is 1. The number of thioether (sulfide) groups is 1. The molecule has 0 aromatic carbocycles. The Hall–Kier alpha value is -1.46. The second kappa shape index (κ2) is 12.8. The standard InChI is InChI=1S/C15H28N4O5S2/c1-8(2)12(16)14(22)19-10(7-25)13(21)17-6-11(20)18-9(15(23)24)4-5-26-3/h8-10,12,25H,4-7,16H2,1-3H3,(H,17,21)(H,18,20)(H,19,22)(H,23,24). The first kappa shape index (κ1) is 24.5. The SMILES string of the molecule is CSCCC(NC(=O)CNC(=O)C(CS)NC(=O)C(N)C(C)C)C(=O)O. The van der Waals surface area contributed by atoms with Crippen LogP contribution >= 0.6 is 24.4 Å². The minimum Gasteiger partial charge on any atom is -0.480 e. The first-order valence-corrected chi connectivity index (χ1v) is 10.1. The third-order valence-corrected chi connectivity index (χ3v) is 4.51. The summed E-state index contributed by atoms with van der Waals surface area (Å²) >= 11 is 5.48. The van der Waals surface area contributed by atoms with Crippen molar-refractivity contribution < 1.29 is 24.3 Å². The van der Waals surface area contributed by atoms with Crippen molar-refractivity contribution in [3.05, 3.63) is 0 Å². The Morgan fingerprint density at radius 3 is 2.19 bits per heavy atom. The number of hydrogen-bond acceptors (Lipinski definition) is 7. The summed E-state index contributed by atoms with van der Waals surface area (Å²) < 4.78 is 0. The van der Waals surface area contributed by atoms with Gasteiger partial charge in [0.25, 0.3) is 0 Å². The van der Waals surface area contributed by atoms with Gasteiger partial charge in [0.1, 0.15) is 12.1 Å². The third kappa shape index (κ3) is 9.30. The molecule has 11 heteroatoms. The summed E-state index contributed by atoms with van der Waals surface area (Å²) in [5.41, 5.74) is 5.72. The molecule has 0 saturated heterocycles. The van der Waals surface area contributed by atoms with Crippen LogP contribution in [0, 0.1) is 5.92 Å². The molecule has 0 heterocycles. The van der Waals surface area contributed by atoms with Gasteiger partial charge in [-0.15, -0.1) is 0 Å². The summed E-state index contributed by atoms with van der Waals surface area (Å²) in [6.07, 6.45) is 2.11. The Labute approximate surface area is 163 Å². The molecule has 0 aromatic rings. The van der Waals surface area contributed by atoms with Gasteiger partial charge in [-0.3, -0.25) is 14.4 Å². The molecule has 0 spiro atoms. The maximum atomic E-state index is 12.1. The molecular formula is C15H28N4O5S2. The van der Waals surface area contributed by atoms with Gasteiger partial charge in [-0.1, -0.05) is 13.8 Å². The summed E-state index contributed by atoms with van der Waals surface area (Å²) in [4.78, 5) is 46.9. The van der Waals surface area contributed by atoms with Crippen molar-refractivity contribution in [2.24, 2.45) is 11.7 Å². The number of aliphatic carboxylic acids is 1. The van der Waals surface area contributed by atoms with Crippen molar-refractivity contribution in [2.45, 2.75) is 38.4 Å². The van der Waals surface area contributed by atoms with Gasteiger partial charge in [-0.25, -0.2) is 4.79 Å². The number of nitrogens with two attached hydrogens (primary N) is 1. The lowest BCUT2D eigenvalue weighted by molar-refractivity contribution is -0.141. The highest BCUT2D eigenvalue weighted by atomic mass is 32.2. The average Bonchev–Trinajstić information content (AvgIpc) is 2.59. The zero-order chi connectivity index (χ0) is 20.3. The Morgan fingerprint density at radius 1 is 1.12 bits per heavy atom. The third-order valence-electron chi connectivity index (χ3n) is 3.50. The number of carboxylic acid groups (broad SMARTS) is 1. The highest BCUT2D eigenvalue weighted by molar-refractivity contribution is 7.98. The second-order valence-corrected chi connectivity index (χ2v) is 7.32. The van der Waals surface area contributed by atoms with Gasteiger partial charge >= 0.3 is 5.97 Å². The molecule has 0 aliphatic heterocycles. The molecule has 3 atom stereocenters. The molecule has 0 fully saturated rings. The summed E-state index contributed by atoms with van der Waals surface area (Å²) in [5, 5.41) is 16.2. The summed E-state index contributed by atoms with van der Waals surface area (Å²) in [5.74, 6) is -2.35. The van der Waals surface area contributed by atoms with Gasteiger partial charge in [0, 0.05) is 5.75 Å². The van der Waals surface area contributed by atoms with E-state index < -0.39 is 48.4 Å². The van der Waals surface area contributed by atoms with Crippen LogP contribution in [-0.2, 0) is 19.2 Å². The fraction of sp³-hybridized carbons (Fsp3) is 0.733. The Morgan fingerprint density at radius 2 is 1.73 bits per heavy atom. The molecule has 6 N–H and O–H groups in total. The molecule has 3 amide bonds. The zero-order valence-corrected chi connectivity index (χ0v) is 16.9. The monoisotopic (exact) mass is 408 g/mol. The van der Waals surface area contributed by atoms with Crippen LogP contribution < -0.4 is 21.7 Å². The Kier molecular flexibility index (Phi) is 12.1. The summed E-state index contributed by atoms with van der Waals surface area (Å²) in [6.45, 7) is 3.15. The van der Waals surface area contributed by atoms with Gasteiger partial charge < -0.3 is 26.8 Å². The highest BCUT2D eigenvalue weighted by Gasteiger charge is 2.25. The number of carboxylic acids is 1. The lowest BCUT2D eigenvalue weighted by atomic mass is 10.0. The average molecular weight is 409 g/mol. The van der Waals surface area contributed by atoms with E-state index in [1.165, 1.54) is 11.8 Å². The van der Waals surface area contributed by atoms with Crippen LogP contribution in [0.2, 0.25) is 0 Å². The molecule has 0 radical (unpaired) electrons. The normalized spacial score (nSPS) is 14.2. The van der Waals surface area contributed by atoms with Crippen molar-refractivity contribution in [2.75, 3.05) is 24.3 Å². The molecule has 0 aliphatic rings. The number of carbonyl (C=O) groups is 4. The number of nitrogens with one attached hydrogen (secondary N) is 3. The van der Waals surface area contributed by atoms with Crippen molar-refractivity contribution in [1.82, 2.24) is 16.0 Å². The molecule has 0 saturated carbocycles. The predicted octanol–water partition coefficient (Wildman–Crippen LogP) is -1.18. The van der Waals surface area contributed by atoms with E-state index in [0.29, 0.717) is 5.75 Å². The van der Waals surface area contributed by atoms with E-state index in [2.05, 4.69) is 28.6 Å².